The Morgan fingerprint density at radius 2 is 1.76 bits per heavy atom. The molecule has 0 aliphatic rings. The lowest BCUT2D eigenvalue weighted by atomic mass is 9.96. The minimum Gasteiger partial charge on any atom is -0.478 e. The molecule has 1 unspecified atom stereocenters. The molecule has 1 atom stereocenters. The van der Waals surface area contributed by atoms with Gasteiger partial charge in [0.15, 0.2) is 0 Å². The normalized spacial score (nSPS) is 13.5. The van der Waals surface area contributed by atoms with Crippen LogP contribution in [-0.4, -0.2) is 23.6 Å². The van der Waals surface area contributed by atoms with Crippen LogP contribution in [0.5, 0.6) is 5.75 Å². The minimum absolute atomic E-state index is 0.0680. The average Bonchev–Trinajstić information content (AvgIpc) is 2.55. The first-order valence-electron chi connectivity index (χ1n) is 7.61. The molecule has 0 bridgehead atoms. The fourth-order valence-corrected chi connectivity index (χ4v) is 3.14. The number of halogens is 8. The SMILES string of the molecule is O=C(O)c1ccc(/C=C/C(c2ccc(OC(F)(F)F)c(Cl)c2)C(F)(F)F)cc1Br. The molecule has 0 amide bonds. The Labute approximate surface area is 173 Å². The molecule has 0 aliphatic carbocycles. The quantitative estimate of drug-likeness (QED) is 0.445. The van der Waals surface area contributed by atoms with E-state index >= 15 is 0 Å². The highest BCUT2D eigenvalue weighted by Gasteiger charge is 2.39. The molecule has 0 saturated carbocycles. The summed E-state index contributed by atoms with van der Waals surface area (Å²) in [6.45, 7) is 0. The number of rotatable bonds is 5. The third kappa shape index (κ3) is 6.40. The Bertz CT molecular complexity index is 940. The van der Waals surface area contributed by atoms with Gasteiger partial charge in [0, 0.05) is 4.47 Å². The van der Waals surface area contributed by atoms with Gasteiger partial charge in [0.05, 0.1) is 16.5 Å². The number of carbonyl (C=O) groups is 1. The molecule has 0 saturated heterocycles. The van der Waals surface area contributed by atoms with Crippen LogP contribution in [0, 0.1) is 0 Å². The summed E-state index contributed by atoms with van der Waals surface area (Å²) in [6.07, 6.45) is -7.89. The molecule has 0 spiro atoms. The van der Waals surface area contributed by atoms with Crippen molar-refractivity contribution in [3.05, 3.63) is 68.7 Å². The maximum absolute atomic E-state index is 13.5. The van der Waals surface area contributed by atoms with Crippen molar-refractivity contribution in [1.82, 2.24) is 0 Å². The van der Waals surface area contributed by atoms with Gasteiger partial charge in [-0.05, 0) is 51.3 Å². The number of aromatic carboxylic acids is 1. The lowest BCUT2D eigenvalue weighted by Crippen LogP contribution is -2.20. The summed E-state index contributed by atoms with van der Waals surface area (Å²) in [5, 5.41) is 8.33. The van der Waals surface area contributed by atoms with E-state index < -0.39 is 40.8 Å². The topological polar surface area (TPSA) is 46.5 Å². The van der Waals surface area contributed by atoms with E-state index in [1.165, 1.54) is 18.2 Å². The number of hydrogen-bond acceptors (Lipinski definition) is 2. The van der Waals surface area contributed by atoms with Crippen molar-refractivity contribution in [2.75, 3.05) is 0 Å². The first-order valence-corrected chi connectivity index (χ1v) is 8.78. The van der Waals surface area contributed by atoms with Gasteiger partial charge in [-0.25, -0.2) is 4.79 Å². The Balaban J connectivity index is 2.36. The fourth-order valence-electron chi connectivity index (χ4n) is 2.34. The maximum Gasteiger partial charge on any atom is 0.573 e. The van der Waals surface area contributed by atoms with E-state index in [0.717, 1.165) is 24.3 Å². The zero-order valence-electron chi connectivity index (χ0n) is 14.0. The summed E-state index contributed by atoms with van der Waals surface area (Å²) in [4.78, 5) is 11.0. The van der Waals surface area contributed by atoms with Crippen LogP contribution in [0.3, 0.4) is 0 Å². The van der Waals surface area contributed by atoms with Crippen LogP contribution in [0.4, 0.5) is 26.3 Å². The number of carboxylic acids is 1. The first kappa shape index (κ1) is 23.1. The molecule has 0 radical (unpaired) electrons. The summed E-state index contributed by atoms with van der Waals surface area (Å²) in [5.41, 5.74) is -0.185. The molecule has 0 fully saturated rings. The molecular formula is C18H10BrClF6O3. The predicted molar refractivity (Wildman–Crippen MR) is 97.1 cm³/mol. The summed E-state index contributed by atoms with van der Waals surface area (Å²) >= 11 is 8.66. The van der Waals surface area contributed by atoms with Gasteiger partial charge in [-0.1, -0.05) is 35.9 Å². The van der Waals surface area contributed by atoms with E-state index in [9.17, 15) is 31.1 Å². The Morgan fingerprint density at radius 1 is 1.10 bits per heavy atom. The van der Waals surface area contributed by atoms with Crippen molar-refractivity contribution in [2.24, 2.45) is 0 Å². The van der Waals surface area contributed by atoms with E-state index in [4.69, 9.17) is 16.7 Å². The molecule has 3 nitrogen and oxygen atoms in total. The Kier molecular flexibility index (Phi) is 6.89. The van der Waals surface area contributed by atoms with Crippen molar-refractivity contribution < 1.29 is 41.0 Å². The van der Waals surface area contributed by atoms with E-state index in [0.29, 0.717) is 6.07 Å². The van der Waals surface area contributed by atoms with Crippen molar-refractivity contribution in [3.63, 3.8) is 0 Å². The molecule has 0 aliphatic heterocycles. The zero-order chi connectivity index (χ0) is 22.0. The van der Waals surface area contributed by atoms with E-state index in [2.05, 4.69) is 20.7 Å². The zero-order valence-corrected chi connectivity index (χ0v) is 16.3. The highest BCUT2D eigenvalue weighted by molar-refractivity contribution is 9.10. The summed E-state index contributed by atoms with van der Waals surface area (Å²) in [7, 11) is 0. The standard InChI is InChI=1S/C18H10BrClF6O3/c19-13-7-9(1-4-11(13)16(27)28)2-5-12(17(21,22)23)10-3-6-15(14(20)8-10)29-18(24,25)26/h1-8,12H,(H,27,28)/b5-2+. The number of hydrogen-bond donors (Lipinski definition) is 1. The summed E-state index contributed by atoms with van der Waals surface area (Å²) in [5.74, 6) is -4.20. The molecule has 2 aromatic carbocycles. The second-order valence-corrected chi connectivity index (χ2v) is 6.92. The molecular weight excluding hydrogens is 494 g/mol. The molecule has 11 heteroatoms. The predicted octanol–water partition coefficient (Wildman–Crippen LogP) is 7.06. The van der Waals surface area contributed by atoms with E-state index in [1.54, 1.807) is 0 Å². The lowest BCUT2D eigenvalue weighted by Gasteiger charge is -2.19. The van der Waals surface area contributed by atoms with Crippen LogP contribution < -0.4 is 4.74 Å². The van der Waals surface area contributed by atoms with Gasteiger partial charge in [0.1, 0.15) is 5.75 Å². The van der Waals surface area contributed by atoms with E-state index in [1.807, 2.05) is 0 Å². The van der Waals surface area contributed by atoms with Gasteiger partial charge < -0.3 is 9.84 Å². The molecule has 2 aromatic rings. The number of alkyl halides is 6. The Morgan fingerprint density at radius 3 is 2.24 bits per heavy atom. The third-order valence-corrected chi connectivity index (χ3v) is 4.55. The van der Waals surface area contributed by atoms with Crippen LogP contribution in [0.2, 0.25) is 5.02 Å². The van der Waals surface area contributed by atoms with Crippen LogP contribution in [0.25, 0.3) is 6.08 Å². The van der Waals surface area contributed by atoms with Crippen LogP contribution >= 0.6 is 27.5 Å². The van der Waals surface area contributed by atoms with Crippen molar-refractivity contribution in [3.8, 4) is 5.75 Å². The summed E-state index contributed by atoms with van der Waals surface area (Å²) in [6, 6.07) is 6.13. The van der Waals surface area contributed by atoms with Crippen molar-refractivity contribution in [2.45, 2.75) is 18.5 Å². The number of allylic oxidation sites excluding steroid dienone is 1. The highest BCUT2D eigenvalue weighted by Crippen LogP contribution is 2.40. The number of ether oxygens (including phenoxy) is 1. The fraction of sp³-hybridized carbons (Fsp3) is 0.167. The van der Waals surface area contributed by atoms with Gasteiger partial charge >= 0.3 is 18.5 Å². The molecule has 0 aromatic heterocycles. The second kappa shape index (κ2) is 8.66. The number of carboxylic acid groups (broad SMARTS) is 1. The number of benzene rings is 2. The highest BCUT2D eigenvalue weighted by atomic mass is 79.9. The monoisotopic (exact) mass is 502 g/mol. The van der Waals surface area contributed by atoms with Crippen LogP contribution in [0.15, 0.2) is 46.9 Å². The molecule has 156 valence electrons. The van der Waals surface area contributed by atoms with Crippen molar-refractivity contribution >= 4 is 39.6 Å². The second-order valence-electron chi connectivity index (χ2n) is 5.66. The Hall–Kier alpha value is -2.20. The van der Waals surface area contributed by atoms with Gasteiger partial charge in [0.25, 0.3) is 0 Å². The van der Waals surface area contributed by atoms with Gasteiger partial charge in [-0.15, -0.1) is 13.2 Å². The van der Waals surface area contributed by atoms with Gasteiger partial charge in [-0.2, -0.15) is 13.2 Å². The van der Waals surface area contributed by atoms with E-state index in [-0.39, 0.29) is 15.6 Å². The third-order valence-electron chi connectivity index (χ3n) is 3.60. The van der Waals surface area contributed by atoms with Gasteiger partial charge in [0.2, 0.25) is 0 Å². The summed E-state index contributed by atoms with van der Waals surface area (Å²) < 4.78 is 81.1. The molecule has 0 heterocycles. The maximum atomic E-state index is 13.5. The molecule has 1 N–H and O–H groups in total. The average molecular weight is 504 g/mol. The van der Waals surface area contributed by atoms with Crippen molar-refractivity contribution in [1.29, 1.82) is 0 Å². The molecule has 2 rings (SSSR count). The smallest absolute Gasteiger partial charge is 0.478 e. The minimum atomic E-state index is -5.04. The largest absolute Gasteiger partial charge is 0.573 e. The first-order chi connectivity index (χ1) is 13.3. The van der Waals surface area contributed by atoms with Crippen LogP contribution in [0.1, 0.15) is 27.4 Å². The van der Waals surface area contributed by atoms with Gasteiger partial charge in [-0.3, -0.25) is 0 Å². The van der Waals surface area contributed by atoms with Crippen LogP contribution in [-0.2, 0) is 0 Å². The molecule has 29 heavy (non-hydrogen) atoms. The lowest BCUT2D eigenvalue weighted by molar-refractivity contribution is -0.274.